The van der Waals surface area contributed by atoms with Gasteiger partial charge in [0.1, 0.15) is 5.41 Å². The molecule has 1 unspecified atom stereocenters. The number of ketones is 1. The Morgan fingerprint density at radius 2 is 1.95 bits per heavy atom. The van der Waals surface area contributed by atoms with Gasteiger partial charge in [0.05, 0.1) is 6.61 Å². The predicted molar refractivity (Wildman–Crippen MR) is 82.7 cm³/mol. The fourth-order valence-corrected chi connectivity index (χ4v) is 2.69. The second-order valence-corrected chi connectivity index (χ2v) is 6.24. The molecule has 0 heterocycles. The highest BCUT2D eigenvalue weighted by atomic mass is 79.9. The maximum Gasteiger partial charge on any atom is 0.323 e. The molecule has 1 aromatic carbocycles. The van der Waals surface area contributed by atoms with Gasteiger partial charge < -0.3 is 4.74 Å². The standard InChI is InChI=1S/C16H21BrO3/c1-6-20-15(19)16(5,14(18)10(2)3)13-9-12(17)8-7-11(13)4/h7-10H,6H2,1-5H3. The van der Waals surface area contributed by atoms with Crippen LogP contribution < -0.4 is 0 Å². The molecule has 4 heteroatoms. The molecule has 110 valence electrons. The van der Waals surface area contributed by atoms with Crippen LogP contribution >= 0.6 is 15.9 Å². The van der Waals surface area contributed by atoms with Gasteiger partial charge in [0.2, 0.25) is 0 Å². The van der Waals surface area contributed by atoms with Gasteiger partial charge >= 0.3 is 5.97 Å². The first-order valence-electron chi connectivity index (χ1n) is 6.73. The third kappa shape index (κ3) is 3.11. The number of rotatable bonds is 5. The van der Waals surface area contributed by atoms with Crippen molar-refractivity contribution in [3.05, 3.63) is 33.8 Å². The third-order valence-corrected chi connectivity index (χ3v) is 3.93. The van der Waals surface area contributed by atoms with Gasteiger partial charge in [0.25, 0.3) is 0 Å². The van der Waals surface area contributed by atoms with E-state index in [1.807, 2.05) is 25.1 Å². The van der Waals surface area contributed by atoms with Crippen LogP contribution in [0, 0.1) is 12.8 Å². The summed E-state index contributed by atoms with van der Waals surface area (Å²) >= 11 is 3.40. The van der Waals surface area contributed by atoms with E-state index in [9.17, 15) is 9.59 Å². The van der Waals surface area contributed by atoms with Crippen molar-refractivity contribution < 1.29 is 14.3 Å². The van der Waals surface area contributed by atoms with Crippen LogP contribution in [0.5, 0.6) is 0 Å². The number of halogens is 1. The van der Waals surface area contributed by atoms with Gasteiger partial charge in [-0.05, 0) is 44.0 Å². The minimum Gasteiger partial charge on any atom is -0.465 e. The van der Waals surface area contributed by atoms with Crippen molar-refractivity contribution in [2.45, 2.75) is 40.0 Å². The molecule has 0 aliphatic rings. The van der Waals surface area contributed by atoms with Gasteiger partial charge in [0, 0.05) is 10.4 Å². The zero-order chi connectivity index (χ0) is 15.5. The van der Waals surface area contributed by atoms with E-state index in [1.165, 1.54) is 0 Å². The summed E-state index contributed by atoms with van der Waals surface area (Å²) < 4.78 is 5.99. The minimum atomic E-state index is -1.27. The first-order chi connectivity index (χ1) is 9.25. The van der Waals surface area contributed by atoms with Crippen LogP contribution in [0.1, 0.15) is 38.8 Å². The van der Waals surface area contributed by atoms with E-state index in [-0.39, 0.29) is 18.3 Å². The highest BCUT2D eigenvalue weighted by molar-refractivity contribution is 9.10. The summed E-state index contributed by atoms with van der Waals surface area (Å²) in [7, 11) is 0. The third-order valence-electron chi connectivity index (χ3n) is 3.44. The Balaban J connectivity index is 3.48. The number of ether oxygens (including phenoxy) is 1. The quantitative estimate of drug-likeness (QED) is 0.604. The van der Waals surface area contributed by atoms with Crippen LogP contribution in [0.4, 0.5) is 0 Å². The van der Waals surface area contributed by atoms with E-state index < -0.39 is 11.4 Å². The molecule has 0 amide bonds. The Kier molecular flexibility index (Phi) is 5.51. The molecular formula is C16H21BrO3. The fourth-order valence-electron chi connectivity index (χ4n) is 2.33. The summed E-state index contributed by atoms with van der Waals surface area (Å²) in [5.74, 6) is -0.861. The summed E-state index contributed by atoms with van der Waals surface area (Å²) in [6.07, 6.45) is 0. The number of Topliss-reactive ketones (excluding diaryl/α,β-unsaturated/α-hetero) is 1. The monoisotopic (exact) mass is 340 g/mol. The summed E-state index contributed by atoms with van der Waals surface area (Å²) in [6.45, 7) is 9.15. The molecule has 1 rings (SSSR count). The molecule has 1 aromatic rings. The highest BCUT2D eigenvalue weighted by Gasteiger charge is 2.45. The lowest BCUT2D eigenvalue weighted by molar-refractivity contribution is -0.154. The predicted octanol–water partition coefficient (Wildman–Crippen LogP) is 3.80. The van der Waals surface area contributed by atoms with Crippen molar-refractivity contribution in [2.75, 3.05) is 6.61 Å². The molecule has 0 aliphatic heterocycles. The van der Waals surface area contributed by atoms with E-state index in [2.05, 4.69) is 15.9 Å². The van der Waals surface area contributed by atoms with Crippen molar-refractivity contribution in [3.8, 4) is 0 Å². The summed E-state index contributed by atoms with van der Waals surface area (Å²) in [5, 5.41) is 0. The Bertz CT molecular complexity index is 522. The molecule has 0 bridgehead atoms. The second-order valence-electron chi connectivity index (χ2n) is 5.32. The number of esters is 1. The van der Waals surface area contributed by atoms with E-state index in [1.54, 1.807) is 27.7 Å². The van der Waals surface area contributed by atoms with Crippen LogP contribution in [0.3, 0.4) is 0 Å². The minimum absolute atomic E-state index is 0.128. The molecular weight excluding hydrogens is 320 g/mol. The lowest BCUT2D eigenvalue weighted by atomic mass is 9.73. The molecule has 1 atom stereocenters. The molecule has 0 fully saturated rings. The smallest absolute Gasteiger partial charge is 0.323 e. The van der Waals surface area contributed by atoms with Crippen molar-refractivity contribution in [1.29, 1.82) is 0 Å². The zero-order valence-corrected chi connectivity index (χ0v) is 14.2. The van der Waals surface area contributed by atoms with Crippen molar-refractivity contribution in [1.82, 2.24) is 0 Å². The van der Waals surface area contributed by atoms with Crippen LogP contribution in [0.15, 0.2) is 22.7 Å². The number of aryl methyl sites for hydroxylation is 1. The van der Waals surface area contributed by atoms with Crippen LogP contribution in [-0.4, -0.2) is 18.4 Å². The molecule has 0 saturated carbocycles. The number of hydrogen-bond donors (Lipinski definition) is 0. The number of carbonyl (C=O) groups is 2. The summed E-state index contributed by atoms with van der Waals surface area (Å²) in [6, 6.07) is 5.61. The second kappa shape index (κ2) is 6.53. The molecule has 20 heavy (non-hydrogen) atoms. The van der Waals surface area contributed by atoms with Gasteiger partial charge in [-0.25, -0.2) is 0 Å². The highest BCUT2D eigenvalue weighted by Crippen LogP contribution is 2.33. The van der Waals surface area contributed by atoms with E-state index in [0.29, 0.717) is 5.56 Å². The maximum atomic E-state index is 12.6. The normalized spacial score (nSPS) is 13.9. The van der Waals surface area contributed by atoms with E-state index in [4.69, 9.17) is 4.74 Å². The lowest BCUT2D eigenvalue weighted by Gasteiger charge is -2.29. The maximum absolute atomic E-state index is 12.6. The first kappa shape index (κ1) is 16.9. The average molecular weight is 341 g/mol. The van der Waals surface area contributed by atoms with Gasteiger partial charge in [-0.15, -0.1) is 0 Å². The largest absolute Gasteiger partial charge is 0.465 e. The van der Waals surface area contributed by atoms with Gasteiger partial charge in [0.15, 0.2) is 5.78 Å². The van der Waals surface area contributed by atoms with E-state index in [0.717, 1.165) is 10.0 Å². The van der Waals surface area contributed by atoms with Gasteiger partial charge in [-0.3, -0.25) is 9.59 Å². The SMILES string of the molecule is CCOC(=O)C(C)(C(=O)C(C)C)c1cc(Br)ccc1C. The van der Waals surface area contributed by atoms with Crippen LogP contribution in [0.2, 0.25) is 0 Å². The van der Waals surface area contributed by atoms with E-state index >= 15 is 0 Å². The number of hydrogen-bond acceptors (Lipinski definition) is 3. The van der Waals surface area contributed by atoms with Crippen LogP contribution in [-0.2, 0) is 19.7 Å². The Labute approximate surface area is 128 Å². The Morgan fingerprint density at radius 3 is 2.45 bits per heavy atom. The molecule has 0 spiro atoms. The molecule has 0 N–H and O–H groups in total. The average Bonchev–Trinajstić information content (AvgIpc) is 2.39. The number of carbonyl (C=O) groups excluding carboxylic acids is 2. The van der Waals surface area contributed by atoms with Gasteiger partial charge in [-0.1, -0.05) is 35.8 Å². The van der Waals surface area contributed by atoms with Crippen molar-refractivity contribution >= 4 is 27.7 Å². The topological polar surface area (TPSA) is 43.4 Å². The molecule has 0 radical (unpaired) electrons. The Hall–Kier alpha value is -1.16. The fraction of sp³-hybridized carbons (Fsp3) is 0.500. The molecule has 0 aliphatic carbocycles. The summed E-state index contributed by atoms with van der Waals surface area (Å²) in [4.78, 5) is 25.0. The van der Waals surface area contributed by atoms with Crippen molar-refractivity contribution in [2.24, 2.45) is 5.92 Å². The zero-order valence-electron chi connectivity index (χ0n) is 12.6. The van der Waals surface area contributed by atoms with Crippen LogP contribution in [0.25, 0.3) is 0 Å². The van der Waals surface area contributed by atoms with Crippen molar-refractivity contribution in [3.63, 3.8) is 0 Å². The Morgan fingerprint density at radius 1 is 1.35 bits per heavy atom. The first-order valence-corrected chi connectivity index (χ1v) is 7.52. The lowest BCUT2D eigenvalue weighted by Crippen LogP contribution is -2.45. The number of benzene rings is 1. The van der Waals surface area contributed by atoms with Gasteiger partial charge in [-0.2, -0.15) is 0 Å². The molecule has 0 saturated heterocycles. The molecule has 0 aromatic heterocycles. The summed E-state index contributed by atoms with van der Waals surface area (Å²) in [5.41, 5.74) is 0.333. The molecule has 3 nitrogen and oxygen atoms in total.